The highest BCUT2D eigenvalue weighted by Gasteiger charge is 2.12. The molecule has 3 aromatic rings. The number of carbonyl (C=O) groups is 2. The van der Waals surface area contributed by atoms with E-state index in [2.05, 4.69) is 5.32 Å². The fourth-order valence-corrected chi connectivity index (χ4v) is 2.98. The van der Waals surface area contributed by atoms with E-state index in [9.17, 15) is 14.0 Å². The molecule has 3 aromatic carbocycles. The van der Waals surface area contributed by atoms with Crippen molar-refractivity contribution in [3.05, 3.63) is 95.3 Å². The second-order valence-corrected chi connectivity index (χ2v) is 6.67. The van der Waals surface area contributed by atoms with Crippen LogP contribution in [-0.2, 0) is 27.2 Å². The molecule has 3 rings (SSSR count). The lowest BCUT2D eigenvalue weighted by Crippen LogP contribution is -2.22. The Kier molecular flexibility index (Phi) is 7.16. The number of esters is 1. The third-order valence-electron chi connectivity index (χ3n) is 4.46. The molecule has 0 aliphatic rings. The molecular weight excluding hydrogens is 385 g/mol. The van der Waals surface area contributed by atoms with Crippen molar-refractivity contribution in [1.82, 2.24) is 0 Å². The van der Waals surface area contributed by atoms with E-state index >= 15 is 0 Å². The van der Waals surface area contributed by atoms with Crippen LogP contribution in [0.15, 0.2) is 72.8 Å². The maximum atomic E-state index is 13.7. The molecule has 0 radical (unpaired) electrons. The number of nitrogens with one attached hydrogen (secondary N) is 1. The van der Waals surface area contributed by atoms with E-state index in [-0.39, 0.29) is 12.2 Å². The van der Waals surface area contributed by atoms with Gasteiger partial charge in [-0.1, -0.05) is 54.6 Å². The van der Waals surface area contributed by atoms with Crippen molar-refractivity contribution in [1.29, 1.82) is 0 Å². The van der Waals surface area contributed by atoms with Crippen LogP contribution in [0, 0.1) is 5.82 Å². The first kappa shape index (κ1) is 21.0. The van der Waals surface area contributed by atoms with Gasteiger partial charge < -0.3 is 14.8 Å². The quantitative estimate of drug-likeness (QED) is 0.570. The number of para-hydroxylation sites is 1. The molecule has 30 heavy (non-hydrogen) atoms. The van der Waals surface area contributed by atoms with Crippen LogP contribution in [0.5, 0.6) is 5.75 Å². The summed E-state index contributed by atoms with van der Waals surface area (Å²) in [4.78, 5) is 24.2. The summed E-state index contributed by atoms with van der Waals surface area (Å²) in [6, 6.07) is 21.6. The van der Waals surface area contributed by atoms with E-state index in [1.165, 1.54) is 19.2 Å². The molecule has 0 saturated carbocycles. The minimum atomic E-state index is -0.618. The Labute approximate surface area is 174 Å². The smallest absolute Gasteiger partial charge is 0.310 e. The van der Waals surface area contributed by atoms with Crippen LogP contribution in [0.25, 0.3) is 0 Å². The number of halogens is 1. The van der Waals surface area contributed by atoms with Crippen molar-refractivity contribution in [2.75, 3.05) is 19.0 Å². The fraction of sp³-hybridized carbons (Fsp3) is 0.167. The summed E-state index contributed by atoms with van der Waals surface area (Å²) in [7, 11) is 1.36. The molecule has 0 saturated heterocycles. The molecule has 0 heterocycles. The largest absolute Gasteiger partial charge is 0.494 e. The molecule has 6 heteroatoms. The maximum Gasteiger partial charge on any atom is 0.310 e. The van der Waals surface area contributed by atoms with E-state index in [1.807, 2.05) is 48.5 Å². The molecule has 0 aliphatic carbocycles. The fourth-order valence-electron chi connectivity index (χ4n) is 2.98. The number of methoxy groups -OCH3 is 1. The summed E-state index contributed by atoms with van der Waals surface area (Å²) in [5.74, 6) is -1.52. The Balaban J connectivity index is 1.53. The van der Waals surface area contributed by atoms with Crippen molar-refractivity contribution in [2.24, 2.45) is 0 Å². The van der Waals surface area contributed by atoms with Crippen LogP contribution >= 0.6 is 0 Å². The van der Waals surface area contributed by atoms with Crippen molar-refractivity contribution >= 4 is 17.6 Å². The Morgan fingerprint density at radius 2 is 1.67 bits per heavy atom. The van der Waals surface area contributed by atoms with Gasteiger partial charge in [-0.15, -0.1) is 0 Å². The number of hydrogen-bond donors (Lipinski definition) is 1. The Hall–Kier alpha value is -3.67. The Bertz CT molecular complexity index is 1020. The monoisotopic (exact) mass is 407 g/mol. The van der Waals surface area contributed by atoms with Gasteiger partial charge in [-0.2, -0.15) is 0 Å². The number of hydrogen-bond acceptors (Lipinski definition) is 4. The second-order valence-electron chi connectivity index (χ2n) is 6.67. The summed E-state index contributed by atoms with van der Waals surface area (Å²) >= 11 is 0. The average Bonchev–Trinajstić information content (AvgIpc) is 2.75. The number of ether oxygens (including phenoxy) is 2. The molecule has 154 valence electrons. The number of benzene rings is 3. The summed E-state index contributed by atoms with van der Waals surface area (Å²) in [6.45, 7) is -0.420. The first-order valence-corrected chi connectivity index (χ1v) is 9.45. The minimum Gasteiger partial charge on any atom is -0.494 e. The molecule has 0 atom stereocenters. The van der Waals surface area contributed by atoms with E-state index < -0.39 is 24.3 Å². The van der Waals surface area contributed by atoms with Gasteiger partial charge in [0, 0.05) is 5.69 Å². The molecule has 1 amide bonds. The van der Waals surface area contributed by atoms with Crippen molar-refractivity contribution in [3.8, 4) is 5.75 Å². The number of rotatable bonds is 8. The Morgan fingerprint density at radius 1 is 0.933 bits per heavy atom. The van der Waals surface area contributed by atoms with Gasteiger partial charge in [0.15, 0.2) is 18.2 Å². The van der Waals surface area contributed by atoms with Gasteiger partial charge >= 0.3 is 5.97 Å². The van der Waals surface area contributed by atoms with E-state index in [0.29, 0.717) is 17.7 Å². The molecule has 0 spiro atoms. The van der Waals surface area contributed by atoms with Gasteiger partial charge in [0.25, 0.3) is 5.91 Å². The Morgan fingerprint density at radius 3 is 2.40 bits per heavy atom. The molecule has 0 bridgehead atoms. The highest BCUT2D eigenvalue weighted by Crippen LogP contribution is 2.20. The zero-order valence-electron chi connectivity index (χ0n) is 16.6. The van der Waals surface area contributed by atoms with E-state index in [0.717, 1.165) is 11.1 Å². The molecule has 5 nitrogen and oxygen atoms in total. The first-order chi connectivity index (χ1) is 14.5. The van der Waals surface area contributed by atoms with Crippen molar-refractivity contribution < 1.29 is 23.5 Å². The zero-order chi connectivity index (χ0) is 21.3. The summed E-state index contributed by atoms with van der Waals surface area (Å²) < 4.78 is 23.6. The van der Waals surface area contributed by atoms with Crippen LogP contribution in [-0.4, -0.2) is 25.6 Å². The average molecular weight is 407 g/mol. The van der Waals surface area contributed by atoms with Gasteiger partial charge in [-0.25, -0.2) is 4.39 Å². The number of carbonyl (C=O) groups excluding carboxylic acids is 2. The van der Waals surface area contributed by atoms with Crippen LogP contribution in [0.2, 0.25) is 0 Å². The zero-order valence-corrected chi connectivity index (χ0v) is 16.6. The number of amides is 1. The molecule has 0 aliphatic heterocycles. The van der Waals surface area contributed by atoms with Gasteiger partial charge in [0.2, 0.25) is 0 Å². The maximum absolute atomic E-state index is 13.7. The van der Waals surface area contributed by atoms with E-state index in [4.69, 9.17) is 9.47 Å². The second kappa shape index (κ2) is 10.2. The molecule has 0 unspecified atom stereocenters. The van der Waals surface area contributed by atoms with Crippen LogP contribution in [0.4, 0.5) is 10.1 Å². The SMILES string of the molecule is COc1ccc(CC(=O)OCC(=O)Nc2ccccc2Cc2ccccc2)cc1F. The summed E-state index contributed by atoms with van der Waals surface area (Å²) in [5, 5.41) is 2.78. The summed E-state index contributed by atoms with van der Waals surface area (Å²) in [6.07, 6.45) is 0.527. The summed E-state index contributed by atoms with van der Waals surface area (Å²) in [5.41, 5.74) is 3.18. The van der Waals surface area contributed by atoms with Gasteiger partial charge in [0.05, 0.1) is 13.5 Å². The molecule has 0 aromatic heterocycles. The molecule has 0 fully saturated rings. The van der Waals surface area contributed by atoms with Crippen LogP contribution in [0.3, 0.4) is 0 Å². The topological polar surface area (TPSA) is 64.6 Å². The molecular formula is C24H22FNO4. The van der Waals surface area contributed by atoms with Gasteiger partial charge in [-0.05, 0) is 41.3 Å². The van der Waals surface area contributed by atoms with Crippen LogP contribution < -0.4 is 10.1 Å². The standard InChI is InChI=1S/C24H22FNO4/c1-29-22-12-11-18(14-20(22)25)15-24(28)30-16-23(27)26-21-10-6-5-9-19(21)13-17-7-3-2-4-8-17/h2-12,14H,13,15-16H2,1H3,(H,26,27). The predicted octanol–water partition coefficient (Wildman–Crippen LogP) is 4.15. The van der Waals surface area contributed by atoms with Crippen molar-refractivity contribution in [3.63, 3.8) is 0 Å². The van der Waals surface area contributed by atoms with Crippen LogP contribution in [0.1, 0.15) is 16.7 Å². The number of anilines is 1. The highest BCUT2D eigenvalue weighted by atomic mass is 19.1. The highest BCUT2D eigenvalue weighted by molar-refractivity contribution is 5.93. The lowest BCUT2D eigenvalue weighted by molar-refractivity contribution is -0.146. The lowest BCUT2D eigenvalue weighted by atomic mass is 10.0. The third kappa shape index (κ3) is 5.91. The molecule has 1 N–H and O–H groups in total. The van der Waals surface area contributed by atoms with Gasteiger partial charge in [0.1, 0.15) is 0 Å². The van der Waals surface area contributed by atoms with E-state index in [1.54, 1.807) is 12.1 Å². The van der Waals surface area contributed by atoms with Crippen molar-refractivity contribution in [2.45, 2.75) is 12.8 Å². The third-order valence-corrected chi connectivity index (χ3v) is 4.46. The predicted molar refractivity (Wildman–Crippen MR) is 112 cm³/mol. The first-order valence-electron chi connectivity index (χ1n) is 9.45. The lowest BCUT2D eigenvalue weighted by Gasteiger charge is -2.12. The normalized spacial score (nSPS) is 10.3. The minimum absolute atomic E-state index is 0.0978. The van der Waals surface area contributed by atoms with Gasteiger partial charge in [-0.3, -0.25) is 9.59 Å².